The van der Waals surface area contributed by atoms with Crippen molar-refractivity contribution in [2.24, 2.45) is 0 Å². The second kappa shape index (κ2) is 10.9. The van der Waals surface area contributed by atoms with Crippen LogP contribution in [0.2, 0.25) is 0 Å². The standard InChI is InChI=1S/C26H30N2O3/c1-28(2)18-19-31-20-24(25(29)30)27-26(21-12-6-3-7-13-21,22-14-8-4-9-15-22)23-16-10-5-11-17-23/h3-17,24,27H,18-20H2,1-2H3,(H,29,30)/t24-/m0/s1. The minimum absolute atomic E-state index is 0.0669. The molecule has 0 fully saturated rings. The van der Waals surface area contributed by atoms with E-state index in [9.17, 15) is 9.90 Å². The first kappa shape index (κ1) is 22.7. The van der Waals surface area contributed by atoms with Crippen molar-refractivity contribution in [3.8, 4) is 0 Å². The van der Waals surface area contributed by atoms with Crippen LogP contribution in [-0.4, -0.2) is 55.9 Å². The Kier molecular flexibility index (Phi) is 7.95. The van der Waals surface area contributed by atoms with Gasteiger partial charge in [-0.3, -0.25) is 10.1 Å². The zero-order valence-electron chi connectivity index (χ0n) is 18.1. The zero-order chi connectivity index (χ0) is 22.1. The van der Waals surface area contributed by atoms with Gasteiger partial charge in [0.2, 0.25) is 0 Å². The molecule has 2 N–H and O–H groups in total. The van der Waals surface area contributed by atoms with Gasteiger partial charge < -0.3 is 14.7 Å². The molecule has 3 rings (SSSR count). The normalized spacial score (nSPS) is 12.6. The van der Waals surface area contributed by atoms with E-state index in [4.69, 9.17) is 4.74 Å². The second-order valence-corrected chi connectivity index (χ2v) is 7.76. The molecule has 0 saturated heterocycles. The maximum Gasteiger partial charge on any atom is 0.323 e. The van der Waals surface area contributed by atoms with Gasteiger partial charge in [0.15, 0.2) is 0 Å². The Balaban J connectivity index is 2.07. The first-order chi connectivity index (χ1) is 15.0. The summed E-state index contributed by atoms with van der Waals surface area (Å²) in [5.74, 6) is -0.947. The molecule has 3 aromatic rings. The lowest BCUT2D eigenvalue weighted by Gasteiger charge is -2.39. The number of nitrogens with one attached hydrogen (secondary N) is 1. The molecule has 0 aliphatic carbocycles. The summed E-state index contributed by atoms with van der Waals surface area (Å²) in [7, 11) is 3.92. The molecule has 0 aliphatic rings. The topological polar surface area (TPSA) is 61.8 Å². The number of hydrogen-bond donors (Lipinski definition) is 2. The molecule has 0 amide bonds. The molecule has 0 unspecified atom stereocenters. The summed E-state index contributed by atoms with van der Waals surface area (Å²) in [6.45, 7) is 1.26. The van der Waals surface area contributed by atoms with Crippen LogP contribution in [0.25, 0.3) is 0 Å². The smallest absolute Gasteiger partial charge is 0.323 e. The third kappa shape index (κ3) is 5.58. The van der Waals surface area contributed by atoms with Gasteiger partial charge in [-0.15, -0.1) is 0 Å². The van der Waals surface area contributed by atoms with Crippen LogP contribution >= 0.6 is 0 Å². The molecule has 5 nitrogen and oxygen atoms in total. The first-order valence-corrected chi connectivity index (χ1v) is 10.4. The molecule has 3 aromatic carbocycles. The van der Waals surface area contributed by atoms with Crippen LogP contribution in [0.5, 0.6) is 0 Å². The van der Waals surface area contributed by atoms with Gasteiger partial charge in [0, 0.05) is 6.54 Å². The predicted octanol–water partition coefficient (Wildman–Crippen LogP) is 3.60. The number of ether oxygens (including phenoxy) is 1. The molecular weight excluding hydrogens is 388 g/mol. The summed E-state index contributed by atoms with van der Waals surface area (Å²) in [5, 5.41) is 13.5. The number of carboxylic acid groups (broad SMARTS) is 1. The number of nitrogens with zero attached hydrogens (tertiary/aromatic N) is 1. The zero-order valence-corrected chi connectivity index (χ0v) is 18.1. The van der Waals surface area contributed by atoms with Gasteiger partial charge in [0.05, 0.1) is 18.8 Å². The lowest BCUT2D eigenvalue weighted by molar-refractivity contribution is -0.141. The summed E-state index contributed by atoms with van der Waals surface area (Å²) in [5.41, 5.74) is 2.04. The fourth-order valence-electron chi connectivity index (χ4n) is 3.70. The van der Waals surface area contributed by atoms with Gasteiger partial charge in [-0.25, -0.2) is 0 Å². The highest BCUT2D eigenvalue weighted by molar-refractivity contribution is 5.74. The van der Waals surface area contributed by atoms with Crippen molar-refractivity contribution in [1.82, 2.24) is 10.2 Å². The van der Waals surface area contributed by atoms with Crippen LogP contribution in [0, 0.1) is 0 Å². The summed E-state index contributed by atoms with van der Waals surface area (Å²) in [6, 6.07) is 29.0. The lowest BCUT2D eigenvalue weighted by atomic mass is 9.76. The Labute approximate surface area is 184 Å². The van der Waals surface area contributed by atoms with Gasteiger partial charge in [-0.1, -0.05) is 91.0 Å². The highest BCUT2D eigenvalue weighted by Gasteiger charge is 2.39. The van der Waals surface area contributed by atoms with Crippen LogP contribution in [-0.2, 0) is 15.1 Å². The van der Waals surface area contributed by atoms with Crippen LogP contribution in [0.3, 0.4) is 0 Å². The first-order valence-electron chi connectivity index (χ1n) is 10.4. The molecule has 0 bridgehead atoms. The van der Waals surface area contributed by atoms with E-state index in [2.05, 4.69) is 5.32 Å². The van der Waals surface area contributed by atoms with Crippen LogP contribution in [0.1, 0.15) is 16.7 Å². The maximum atomic E-state index is 12.2. The van der Waals surface area contributed by atoms with E-state index in [-0.39, 0.29) is 6.61 Å². The third-order valence-electron chi connectivity index (χ3n) is 5.28. The second-order valence-electron chi connectivity index (χ2n) is 7.76. The molecule has 0 saturated carbocycles. The molecular formula is C26H30N2O3. The average molecular weight is 419 g/mol. The summed E-state index contributed by atoms with van der Waals surface area (Å²) in [6.07, 6.45) is 0. The minimum atomic E-state index is -0.947. The van der Waals surface area contributed by atoms with Gasteiger partial charge >= 0.3 is 5.97 Å². The lowest BCUT2D eigenvalue weighted by Crippen LogP contribution is -2.54. The van der Waals surface area contributed by atoms with Crippen molar-refractivity contribution in [1.29, 1.82) is 0 Å². The number of aliphatic carboxylic acids is 1. The number of benzene rings is 3. The van der Waals surface area contributed by atoms with E-state index < -0.39 is 17.6 Å². The summed E-state index contributed by atoms with van der Waals surface area (Å²) >= 11 is 0. The van der Waals surface area contributed by atoms with Gasteiger partial charge in [0.25, 0.3) is 0 Å². The monoisotopic (exact) mass is 418 g/mol. The fraction of sp³-hybridized carbons (Fsp3) is 0.269. The molecule has 1 atom stereocenters. The molecule has 0 spiro atoms. The Morgan fingerprint density at radius 2 is 1.29 bits per heavy atom. The Bertz CT molecular complexity index is 834. The number of rotatable bonds is 11. The third-order valence-corrected chi connectivity index (χ3v) is 5.28. The quantitative estimate of drug-likeness (QED) is 0.368. The van der Waals surface area contributed by atoms with Crippen molar-refractivity contribution in [2.45, 2.75) is 11.6 Å². The predicted molar refractivity (Wildman–Crippen MR) is 123 cm³/mol. The van der Waals surface area contributed by atoms with Crippen molar-refractivity contribution >= 4 is 5.97 Å². The van der Waals surface area contributed by atoms with E-state index in [1.54, 1.807) is 0 Å². The molecule has 162 valence electrons. The van der Waals surface area contributed by atoms with E-state index in [1.165, 1.54) is 0 Å². The Hall–Kier alpha value is -2.99. The molecule has 0 aliphatic heterocycles. The van der Waals surface area contributed by atoms with Gasteiger partial charge in [-0.2, -0.15) is 0 Å². The largest absolute Gasteiger partial charge is 0.480 e. The van der Waals surface area contributed by atoms with Crippen molar-refractivity contribution in [3.63, 3.8) is 0 Å². The summed E-state index contributed by atoms with van der Waals surface area (Å²) in [4.78, 5) is 14.3. The van der Waals surface area contributed by atoms with Crippen molar-refractivity contribution in [3.05, 3.63) is 108 Å². The van der Waals surface area contributed by atoms with Crippen LogP contribution in [0.4, 0.5) is 0 Å². The van der Waals surface area contributed by atoms with Crippen molar-refractivity contribution in [2.75, 3.05) is 33.9 Å². The molecule has 5 heteroatoms. The van der Waals surface area contributed by atoms with E-state index >= 15 is 0 Å². The molecule has 31 heavy (non-hydrogen) atoms. The Morgan fingerprint density at radius 3 is 1.65 bits per heavy atom. The maximum absolute atomic E-state index is 12.2. The van der Waals surface area contributed by atoms with Crippen LogP contribution in [0.15, 0.2) is 91.0 Å². The van der Waals surface area contributed by atoms with Crippen LogP contribution < -0.4 is 5.32 Å². The minimum Gasteiger partial charge on any atom is -0.480 e. The summed E-state index contributed by atoms with van der Waals surface area (Å²) < 4.78 is 5.74. The highest BCUT2D eigenvalue weighted by Crippen LogP contribution is 2.37. The van der Waals surface area contributed by atoms with E-state index in [0.29, 0.717) is 6.61 Å². The SMILES string of the molecule is CN(C)CCOC[C@H](NC(c1ccccc1)(c1ccccc1)c1ccccc1)C(=O)O. The highest BCUT2D eigenvalue weighted by atomic mass is 16.5. The van der Waals surface area contributed by atoms with E-state index in [1.807, 2.05) is 110 Å². The Morgan fingerprint density at radius 1 is 0.871 bits per heavy atom. The number of carbonyl (C=O) groups is 1. The van der Waals surface area contributed by atoms with Crippen molar-refractivity contribution < 1.29 is 14.6 Å². The fourth-order valence-corrected chi connectivity index (χ4v) is 3.70. The average Bonchev–Trinajstić information content (AvgIpc) is 2.80. The molecule has 0 aromatic heterocycles. The molecule has 0 heterocycles. The van der Waals surface area contributed by atoms with Gasteiger partial charge in [-0.05, 0) is 30.8 Å². The number of likely N-dealkylation sites (N-methyl/N-ethyl adjacent to an activating group) is 1. The van der Waals surface area contributed by atoms with Gasteiger partial charge in [0.1, 0.15) is 6.04 Å². The van der Waals surface area contributed by atoms with E-state index in [0.717, 1.165) is 23.2 Å². The number of hydrogen-bond acceptors (Lipinski definition) is 4. The number of carboxylic acids is 1. The molecule has 0 radical (unpaired) electrons.